The van der Waals surface area contributed by atoms with Crippen molar-refractivity contribution in [2.24, 2.45) is 23.7 Å². The number of esters is 4. The van der Waals surface area contributed by atoms with Crippen molar-refractivity contribution in [1.82, 2.24) is 0 Å². The molecule has 660 valence electrons. The molecule has 0 heterocycles. The van der Waals surface area contributed by atoms with Crippen LogP contribution in [0.15, 0.2) is 0 Å². The van der Waals surface area contributed by atoms with Crippen LogP contribution < -0.4 is 0 Å². The largest absolute Gasteiger partial charge is 0.472 e. The summed E-state index contributed by atoms with van der Waals surface area (Å²) in [6.07, 6.45) is 72.3. The normalized spacial score (nSPS) is 13.8. The number of phosphoric ester groups is 2. The molecule has 0 aliphatic rings. The van der Waals surface area contributed by atoms with Gasteiger partial charge in [0.1, 0.15) is 19.3 Å². The molecular formula is C92H180O17P2. The maximum atomic E-state index is 13.2. The monoisotopic (exact) mass is 1620 g/mol. The highest BCUT2D eigenvalue weighted by molar-refractivity contribution is 7.47. The van der Waals surface area contributed by atoms with Crippen LogP contribution in [0.4, 0.5) is 0 Å². The molecule has 0 aromatic carbocycles. The number of phosphoric acid groups is 2. The summed E-state index contributed by atoms with van der Waals surface area (Å²) in [6, 6.07) is 0. The summed E-state index contributed by atoms with van der Waals surface area (Å²) in [7, 11) is -9.94. The zero-order valence-electron chi connectivity index (χ0n) is 73.6. The first-order valence-corrected chi connectivity index (χ1v) is 50.2. The van der Waals surface area contributed by atoms with Crippen molar-refractivity contribution in [3.8, 4) is 0 Å². The summed E-state index contributed by atoms with van der Waals surface area (Å²) in [5.74, 6) is 1.09. The molecule has 0 radical (unpaired) electrons. The number of rotatable bonds is 89. The summed E-state index contributed by atoms with van der Waals surface area (Å²) in [5, 5.41) is 10.7. The molecule has 5 atom stereocenters. The van der Waals surface area contributed by atoms with Crippen molar-refractivity contribution in [3.05, 3.63) is 0 Å². The van der Waals surface area contributed by atoms with Gasteiger partial charge < -0.3 is 33.8 Å². The molecule has 0 bridgehead atoms. The lowest BCUT2D eigenvalue weighted by Gasteiger charge is -2.21. The van der Waals surface area contributed by atoms with Crippen LogP contribution in [0.2, 0.25) is 0 Å². The number of carbonyl (C=O) groups excluding carboxylic acids is 4. The summed E-state index contributed by atoms with van der Waals surface area (Å²) in [5.41, 5.74) is 0. The van der Waals surface area contributed by atoms with E-state index in [0.29, 0.717) is 25.7 Å². The fourth-order valence-corrected chi connectivity index (χ4v) is 16.0. The van der Waals surface area contributed by atoms with E-state index in [1.807, 2.05) is 0 Å². The average molecular weight is 1620 g/mol. The quantitative estimate of drug-likeness (QED) is 0.0222. The Hall–Kier alpha value is -1.94. The number of hydrogen-bond acceptors (Lipinski definition) is 15. The van der Waals surface area contributed by atoms with Gasteiger partial charge in [0, 0.05) is 25.7 Å². The Morgan fingerprint density at radius 1 is 0.225 bits per heavy atom. The van der Waals surface area contributed by atoms with E-state index in [4.69, 9.17) is 37.0 Å². The van der Waals surface area contributed by atoms with Gasteiger partial charge in [-0.1, -0.05) is 434 Å². The number of unbranched alkanes of at least 4 members (excludes halogenated alkanes) is 55. The first-order chi connectivity index (χ1) is 53.6. The molecular weight excluding hydrogens is 1440 g/mol. The smallest absolute Gasteiger partial charge is 0.462 e. The first-order valence-electron chi connectivity index (χ1n) is 47.2. The van der Waals surface area contributed by atoms with Gasteiger partial charge in [-0.15, -0.1) is 0 Å². The fourth-order valence-electron chi connectivity index (χ4n) is 14.4. The molecule has 0 spiro atoms. The predicted molar refractivity (Wildman–Crippen MR) is 460 cm³/mol. The molecule has 0 saturated heterocycles. The molecule has 111 heavy (non-hydrogen) atoms. The van der Waals surface area contributed by atoms with Gasteiger partial charge >= 0.3 is 39.5 Å². The van der Waals surface area contributed by atoms with Crippen LogP contribution in [0.25, 0.3) is 0 Å². The average Bonchev–Trinajstić information content (AvgIpc) is 0.900. The van der Waals surface area contributed by atoms with Gasteiger partial charge in [0.2, 0.25) is 0 Å². The van der Waals surface area contributed by atoms with Crippen molar-refractivity contribution in [3.63, 3.8) is 0 Å². The van der Waals surface area contributed by atoms with E-state index in [0.717, 1.165) is 114 Å². The third kappa shape index (κ3) is 85.8. The third-order valence-electron chi connectivity index (χ3n) is 21.6. The van der Waals surface area contributed by atoms with Crippen molar-refractivity contribution >= 4 is 39.5 Å². The van der Waals surface area contributed by atoms with Crippen LogP contribution in [0.5, 0.6) is 0 Å². The van der Waals surface area contributed by atoms with E-state index < -0.39 is 97.5 Å². The molecule has 0 saturated carbocycles. The molecule has 0 aromatic heterocycles. The molecule has 0 rings (SSSR count). The Balaban J connectivity index is 5.25. The van der Waals surface area contributed by atoms with Crippen LogP contribution in [-0.4, -0.2) is 96.7 Å². The lowest BCUT2D eigenvalue weighted by molar-refractivity contribution is -0.161. The third-order valence-corrected chi connectivity index (χ3v) is 23.5. The van der Waals surface area contributed by atoms with Crippen molar-refractivity contribution < 1.29 is 80.2 Å². The number of carbonyl (C=O) groups is 4. The summed E-state index contributed by atoms with van der Waals surface area (Å²) >= 11 is 0. The second-order valence-corrected chi connectivity index (χ2v) is 37.9. The SMILES string of the molecule is CC(C)CCCCCCCCCCCCCCCCCCCCC(=O)O[C@H](COC(=O)CCCCCCCCCCCCCCCCCCC(C)C)COP(=O)(O)OC[C@@H](O)COP(=O)(O)OC[C@@H](COC(=O)CCCCCCCCCCCC(C)C)OC(=O)CCCCCCCCCCCCCCCCCCC(C)C. The molecule has 0 amide bonds. The number of aliphatic hydroxyl groups excluding tert-OH is 1. The van der Waals surface area contributed by atoms with Crippen LogP contribution >= 0.6 is 15.6 Å². The number of ether oxygens (including phenoxy) is 4. The highest BCUT2D eigenvalue weighted by Gasteiger charge is 2.31. The van der Waals surface area contributed by atoms with Gasteiger partial charge in [0.25, 0.3) is 0 Å². The fraction of sp³-hybridized carbons (Fsp3) is 0.957. The van der Waals surface area contributed by atoms with Crippen LogP contribution in [0.3, 0.4) is 0 Å². The topological polar surface area (TPSA) is 237 Å². The standard InChI is InChI=1S/C92H180O17P2/c1-82(2)68-60-52-44-36-29-23-17-11-9-10-12-21-27-33-41-50-58-66-74-91(96)108-87(78-102-89(94)72-64-56-48-40-32-26-20-15-13-18-24-30-37-45-53-61-69-83(3)4)80-106-110(98,99)104-76-86(93)77-105-111(100,101)107-81-88(79-103-90(95)73-65-57-49-43-35-39-47-55-63-71-85(7)8)109-92(97)75-67-59-51-42-34-28-22-16-14-19-25-31-38-46-54-62-70-84(5)6/h82-88,93H,9-81H2,1-8H3,(H,98,99)(H,100,101)/t86-,87-,88-/m1/s1. The van der Waals surface area contributed by atoms with Gasteiger partial charge in [0.05, 0.1) is 26.4 Å². The van der Waals surface area contributed by atoms with E-state index in [-0.39, 0.29) is 25.7 Å². The minimum absolute atomic E-state index is 0.108. The summed E-state index contributed by atoms with van der Waals surface area (Å²) < 4.78 is 69.1. The Kier molecular flexibility index (Phi) is 79.1. The molecule has 0 aliphatic heterocycles. The van der Waals surface area contributed by atoms with Crippen LogP contribution in [-0.2, 0) is 65.4 Å². The van der Waals surface area contributed by atoms with Gasteiger partial charge in [-0.25, -0.2) is 9.13 Å². The van der Waals surface area contributed by atoms with Crippen LogP contribution in [0.1, 0.15) is 486 Å². The van der Waals surface area contributed by atoms with Gasteiger partial charge in [-0.3, -0.25) is 37.3 Å². The first kappa shape index (κ1) is 109. The van der Waals surface area contributed by atoms with E-state index in [2.05, 4.69) is 55.4 Å². The Morgan fingerprint density at radius 3 is 0.559 bits per heavy atom. The van der Waals surface area contributed by atoms with E-state index in [1.165, 1.54) is 289 Å². The molecule has 3 N–H and O–H groups in total. The van der Waals surface area contributed by atoms with Crippen LogP contribution in [0, 0.1) is 23.7 Å². The zero-order chi connectivity index (χ0) is 81.6. The van der Waals surface area contributed by atoms with Gasteiger partial charge in [0.15, 0.2) is 12.2 Å². The predicted octanol–water partition coefficient (Wildman–Crippen LogP) is 28.3. The molecule has 0 aliphatic carbocycles. The van der Waals surface area contributed by atoms with Crippen molar-refractivity contribution in [2.75, 3.05) is 39.6 Å². The van der Waals surface area contributed by atoms with Gasteiger partial charge in [-0.05, 0) is 49.4 Å². The Labute approximate surface area is 683 Å². The van der Waals surface area contributed by atoms with E-state index >= 15 is 0 Å². The number of hydrogen-bond donors (Lipinski definition) is 3. The minimum Gasteiger partial charge on any atom is -0.462 e. The molecule has 17 nitrogen and oxygen atoms in total. The summed E-state index contributed by atoms with van der Waals surface area (Å²) in [6.45, 7) is 14.4. The maximum Gasteiger partial charge on any atom is 0.472 e. The second-order valence-electron chi connectivity index (χ2n) is 35.0. The van der Waals surface area contributed by atoms with E-state index in [1.54, 1.807) is 0 Å². The highest BCUT2D eigenvalue weighted by atomic mass is 31.2. The minimum atomic E-state index is -4.97. The Bertz CT molecular complexity index is 2150. The molecule has 2 unspecified atom stereocenters. The second kappa shape index (κ2) is 80.5. The zero-order valence-corrected chi connectivity index (χ0v) is 75.4. The molecule has 0 fully saturated rings. The van der Waals surface area contributed by atoms with Gasteiger partial charge in [-0.2, -0.15) is 0 Å². The summed E-state index contributed by atoms with van der Waals surface area (Å²) in [4.78, 5) is 73.5. The highest BCUT2D eigenvalue weighted by Crippen LogP contribution is 2.45. The molecule has 19 heteroatoms. The lowest BCUT2D eigenvalue weighted by Crippen LogP contribution is -2.30. The maximum absolute atomic E-state index is 13.2. The van der Waals surface area contributed by atoms with Crippen molar-refractivity contribution in [2.45, 2.75) is 504 Å². The van der Waals surface area contributed by atoms with E-state index in [9.17, 15) is 43.2 Å². The number of aliphatic hydroxyl groups is 1. The Morgan fingerprint density at radius 2 is 0.378 bits per heavy atom. The lowest BCUT2D eigenvalue weighted by atomic mass is 10.0. The van der Waals surface area contributed by atoms with Crippen molar-refractivity contribution in [1.29, 1.82) is 0 Å². The molecule has 0 aromatic rings.